The van der Waals surface area contributed by atoms with Crippen LogP contribution in [-0.4, -0.2) is 47.9 Å². The molecular weight excluding hydrogens is 334 g/mol. The molecule has 2 atom stereocenters. The zero-order chi connectivity index (χ0) is 17.7. The number of urea groups is 1. The second-order valence-corrected chi connectivity index (χ2v) is 6.45. The van der Waals surface area contributed by atoms with Gasteiger partial charge >= 0.3 is 12.0 Å². The zero-order valence-corrected chi connectivity index (χ0v) is 14.0. The molecule has 130 valence electrons. The fourth-order valence-electron chi connectivity index (χ4n) is 2.46. The Kier molecular flexibility index (Phi) is 5.91. The quantitative estimate of drug-likeness (QED) is 0.773. The smallest absolute Gasteiger partial charge is 0.318 e. The number of primary amides is 1. The summed E-state index contributed by atoms with van der Waals surface area (Å²) in [6.45, 7) is 2.19. The van der Waals surface area contributed by atoms with Crippen molar-refractivity contribution < 1.29 is 23.9 Å². The van der Waals surface area contributed by atoms with Gasteiger partial charge in [0.1, 0.15) is 0 Å². The Morgan fingerprint density at radius 1 is 1.42 bits per heavy atom. The van der Waals surface area contributed by atoms with E-state index >= 15 is 0 Å². The van der Waals surface area contributed by atoms with Crippen molar-refractivity contribution in [2.45, 2.75) is 25.9 Å². The van der Waals surface area contributed by atoms with Gasteiger partial charge in [0.2, 0.25) is 0 Å². The fourth-order valence-corrected chi connectivity index (χ4v) is 3.15. The number of esters is 1. The lowest BCUT2D eigenvalue weighted by Gasteiger charge is -2.31. The van der Waals surface area contributed by atoms with Crippen molar-refractivity contribution in [3.05, 3.63) is 22.4 Å². The van der Waals surface area contributed by atoms with Gasteiger partial charge in [-0.2, -0.15) is 0 Å². The molecule has 2 rings (SSSR count). The normalized spacial score (nSPS) is 18.5. The number of carbonyl (C=O) groups is 4. The van der Waals surface area contributed by atoms with E-state index in [1.165, 1.54) is 18.3 Å². The van der Waals surface area contributed by atoms with Crippen LogP contribution in [-0.2, 0) is 14.3 Å². The van der Waals surface area contributed by atoms with E-state index in [-0.39, 0.29) is 12.5 Å². The monoisotopic (exact) mass is 353 g/mol. The van der Waals surface area contributed by atoms with Gasteiger partial charge in [-0.05, 0) is 31.2 Å². The van der Waals surface area contributed by atoms with Gasteiger partial charge in [0.05, 0.1) is 10.8 Å². The van der Waals surface area contributed by atoms with Crippen molar-refractivity contribution >= 4 is 35.2 Å². The van der Waals surface area contributed by atoms with E-state index in [4.69, 9.17) is 10.5 Å². The number of rotatable bonds is 4. The third-order valence-electron chi connectivity index (χ3n) is 3.68. The summed E-state index contributed by atoms with van der Waals surface area (Å²) in [6, 6.07) is 2.53. The van der Waals surface area contributed by atoms with Crippen LogP contribution in [0.25, 0.3) is 0 Å². The molecule has 2 heterocycles. The summed E-state index contributed by atoms with van der Waals surface area (Å²) in [4.78, 5) is 49.0. The van der Waals surface area contributed by atoms with Gasteiger partial charge in [0.25, 0.3) is 11.8 Å². The van der Waals surface area contributed by atoms with Gasteiger partial charge in [-0.15, -0.1) is 11.3 Å². The van der Waals surface area contributed by atoms with Crippen LogP contribution in [0.3, 0.4) is 0 Å². The zero-order valence-electron chi connectivity index (χ0n) is 13.2. The fraction of sp³-hybridized carbons (Fsp3) is 0.467. The highest BCUT2D eigenvalue weighted by atomic mass is 32.1. The summed E-state index contributed by atoms with van der Waals surface area (Å²) in [5, 5.41) is 3.68. The van der Waals surface area contributed by atoms with Crippen molar-refractivity contribution in [3.63, 3.8) is 0 Å². The summed E-state index contributed by atoms with van der Waals surface area (Å²) in [5.41, 5.74) is 4.85. The van der Waals surface area contributed by atoms with Crippen molar-refractivity contribution in [3.8, 4) is 0 Å². The molecule has 2 unspecified atom stereocenters. The van der Waals surface area contributed by atoms with Crippen LogP contribution >= 0.6 is 11.3 Å². The number of ether oxygens (including phenoxy) is 1. The first kappa shape index (κ1) is 17.9. The highest BCUT2D eigenvalue weighted by molar-refractivity contribution is 7.12. The van der Waals surface area contributed by atoms with Crippen molar-refractivity contribution in [2.24, 2.45) is 11.7 Å². The summed E-state index contributed by atoms with van der Waals surface area (Å²) >= 11 is 1.35. The van der Waals surface area contributed by atoms with E-state index in [2.05, 4.69) is 0 Å². The topological polar surface area (TPSA) is 119 Å². The summed E-state index contributed by atoms with van der Waals surface area (Å²) < 4.78 is 5.08. The van der Waals surface area contributed by atoms with Gasteiger partial charge < -0.3 is 15.4 Å². The Morgan fingerprint density at radius 2 is 2.17 bits per heavy atom. The predicted molar refractivity (Wildman–Crippen MR) is 86.2 cm³/mol. The Bertz CT molecular complexity index is 631. The number of nitrogens with one attached hydrogen (secondary N) is 1. The number of nitrogens with two attached hydrogens (primary N) is 1. The summed E-state index contributed by atoms with van der Waals surface area (Å²) in [6.07, 6.45) is 0.129. The number of amides is 4. The highest BCUT2D eigenvalue weighted by Crippen LogP contribution is 2.21. The van der Waals surface area contributed by atoms with Crippen molar-refractivity contribution in [2.75, 3.05) is 13.1 Å². The number of nitrogens with zero attached hydrogens (tertiary/aromatic N) is 1. The molecule has 0 saturated carbocycles. The molecule has 8 nitrogen and oxygen atoms in total. The Morgan fingerprint density at radius 3 is 2.79 bits per heavy atom. The number of likely N-dealkylation sites (tertiary alicyclic amines) is 1. The molecule has 9 heteroatoms. The number of piperidine rings is 1. The minimum atomic E-state index is -1.13. The molecule has 1 aliphatic heterocycles. The Hall–Kier alpha value is -2.42. The molecule has 1 fully saturated rings. The van der Waals surface area contributed by atoms with Crippen LogP contribution in [0.15, 0.2) is 17.5 Å². The molecule has 1 aromatic heterocycles. The molecule has 0 aliphatic carbocycles. The van der Waals surface area contributed by atoms with Crippen LogP contribution in [0.1, 0.15) is 29.4 Å². The Balaban J connectivity index is 1.91. The van der Waals surface area contributed by atoms with E-state index in [1.807, 2.05) is 10.7 Å². The van der Waals surface area contributed by atoms with E-state index < -0.39 is 29.9 Å². The van der Waals surface area contributed by atoms with Crippen LogP contribution in [0.5, 0.6) is 0 Å². The first-order valence-electron chi connectivity index (χ1n) is 7.52. The molecule has 1 aromatic rings. The lowest BCUT2D eigenvalue weighted by Crippen LogP contribution is -2.45. The van der Waals surface area contributed by atoms with E-state index in [9.17, 15) is 19.2 Å². The number of hydrogen-bond acceptors (Lipinski definition) is 6. The third kappa shape index (κ3) is 4.54. The second-order valence-electron chi connectivity index (χ2n) is 5.50. The predicted octanol–water partition coefficient (Wildman–Crippen LogP) is 0.727. The standard InChI is InChI=1S/C15H19N3O5S/c1-9(12(19)17-15(16)22)23-14(21)10-4-2-6-18(8-10)13(20)11-5-3-7-24-11/h3,5,7,9-10H,2,4,6,8H2,1H3,(H3,16,17,19,22). The maximum absolute atomic E-state index is 12.3. The molecule has 24 heavy (non-hydrogen) atoms. The van der Waals surface area contributed by atoms with E-state index in [0.717, 1.165) is 0 Å². The number of imide groups is 1. The average Bonchev–Trinajstić information content (AvgIpc) is 3.08. The van der Waals surface area contributed by atoms with Gasteiger partial charge in [-0.3, -0.25) is 19.7 Å². The number of carbonyl (C=O) groups excluding carboxylic acids is 4. The van der Waals surface area contributed by atoms with Crippen molar-refractivity contribution in [1.82, 2.24) is 10.2 Å². The van der Waals surface area contributed by atoms with Crippen LogP contribution < -0.4 is 11.1 Å². The largest absolute Gasteiger partial charge is 0.452 e. The van der Waals surface area contributed by atoms with Gasteiger partial charge in [0, 0.05) is 13.1 Å². The first-order chi connectivity index (χ1) is 11.4. The molecule has 4 amide bonds. The molecule has 1 saturated heterocycles. The average molecular weight is 353 g/mol. The van der Waals surface area contributed by atoms with Crippen molar-refractivity contribution in [1.29, 1.82) is 0 Å². The molecular formula is C15H19N3O5S. The van der Waals surface area contributed by atoms with Crippen LogP contribution in [0.4, 0.5) is 4.79 Å². The lowest BCUT2D eigenvalue weighted by molar-refractivity contribution is -0.159. The first-order valence-corrected chi connectivity index (χ1v) is 8.40. The lowest BCUT2D eigenvalue weighted by atomic mass is 9.98. The molecule has 3 N–H and O–H groups in total. The van der Waals surface area contributed by atoms with E-state index in [1.54, 1.807) is 17.0 Å². The molecule has 0 spiro atoms. The maximum Gasteiger partial charge on any atom is 0.318 e. The molecule has 0 bridgehead atoms. The van der Waals surface area contributed by atoms with Crippen LogP contribution in [0, 0.1) is 5.92 Å². The third-order valence-corrected chi connectivity index (χ3v) is 4.54. The maximum atomic E-state index is 12.3. The van der Waals surface area contributed by atoms with Gasteiger partial charge in [0.15, 0.2) is 6.10 Å². The molecule has 1 aliphatic rings. The second kappa shape index (κ2) is 7.91. The van der Waals surface area contributed by atoms with Gasteiger partial charge in [-0.25, -0.2) is 4.79 Å². The van der Waals surface area contributed by atoms with Crippen LogP contribution in [0.2, 0.25) is 0 Å². The highest BCUT2D eigenvalue weighted by Gasteiger charge is 2.32. The Labute approximate surface area is 142 Å². The van der Waals surface area contributed by atoms with Gasteiger partial charge in [-0.1, -0.05) is 6.07 Å². The summed E-state index contributed by atoms with van der Waals surface area (Å²) in [7, 11) is 0. The minimum absolute atomic E-state index is 0.109. The van der Waals surface area contributed by atoms with E-state index in [0.29, 0.717) is 24.3 Å². The number of thiophene rings is 1. The SMILES string of the molecule is CC(OC(=O)C1CCCN(C(=O)c2cccs2)C1)C(=O)NC(N)=O. The number of hydrogen-bond donors (Lipinski definition) is 2. The molecule has 0 radical (unpaired) electrons. The summed E-state index contributed by atoms with van der Waals surface area (Å²) in [5.74, 6) is -1.95. The molecule has 0 aromatic carbocycles. The minimum Gasteiger partial charge on any atom is -0.452 e.